The maximum atomic E-state index is 13.9. The number of amides is 4. The third-order valence-electron chi connectivity index (χ3n) is 8.66. The summed E-state index contributed by atoms with van der Waals surface area (Å²) in [7, 11) is 1.55. The van der Waals surface area contributed by atoms with E-state index in [9.17, 15) is 19.2 Å². The van der Waals surface area contributed by atoms with Gasteiger partial charge in [0.15, 0.2) is 17.2 Å². The molecule has 50 heavy (non-hydrogen) atoms. The fourth-order valence-corrected chi connectivity index (χ4v) is 7.69. The molecule has 3 aliphatic heterocycles. The molecule has 4 aromatic rings. The van der Waals surface area contributed by atoms with Crippen molar-refractivity contribution in [1.82, 2.24) is 30.6 Å². The molecule has 0 radical (unpaired) electrons. The summed E-state index contributed by atoms with van der Waals surface area (Å²) in [6, 6.07) is 10.3. The molecule has 3 aromatic heterocycles. The maximum Gasteiger partial charge on any atom is 0.276 e. The highest BCUT2D eigenvalue weighted by atomic mass is 32.1. The zero-order chi connectivity index (χ0) is 35.0. The molecule has 2 atom stereocenters. The van der Waals surface area contributed by atoms with Gasteiger partial charge in [-0.25, -0.2) is 4.98 Å². The lowest BCUT2D eigenvalue weighted by Gasteiger charge is -2.23. The number of carbonyl (C=O) groups excluding carboxylic acids is 4. The Kier molecular flexibility index (Phi) is 11.4. The monoisotopic (exact) mass is 720 g/mol. The van der Waals surface area contributed by atoms with Gasteiger partial charge in [-0.05, 0) is 61.7 Å². The van der Waals surface area contributed by atoms with Crippen LogP contribution in [0.5, 0.6) is 11.5 Å². The van der Waals surface area contributed by atoms with Crippen LogP contribution in [0.1, 0.15) is 64.4 Å². The van der Waals surface area contributed by atoms with Crippen LogP contribution in [-0.2, 0) is 16.0 Å². The summed E-state index contributed by atoms with van der Waals surface area (Å²) in [6.07, 6.45) is 2.36. The van der Waals surface area contributed by atoms with E-state index in [1.165, 1.54) is 11.3 Å². The van der Waals surface area contributed by atoms with Crippen molar-refractivity contribution in [3.63, 3.8) is 0 Å². The number of nitrogens with one attached hydrogen (secondary N) is 2. The molecule has 0 unspecified atom stereocenters. The quantitative estimate of drug-likeness (QED) is 0.313. The highest BCUT2D eigenvalue weighted by molar-refractivity contribution is 7.20. The van der Waals surface area contributed by atoms with E-state index in [2.05, 4.69) is 20.8 Å². The number of hydrogen-bond donors (Lipinski definition) is 2. The molecular formula is C35H40N6O7S2. The van der Waals surface area contributed by atoms with Gasteiger partial charge in [-0.1, -0.05) is 17.3 Å². The van der Waals surface area contributed by atoms with E-state index in [4.69, 9.17) is 14.0 Å². The topological polar surface area (TPSA) is 156 Å². The number of hydrogen-bond acceptors (Lipinski definition) is 11. The fourth-order valence-electron chi connectivity index (χ4n) is 6.08. The van der Waals surface area contributed by atoms with E-state index in [0.29, 0.717) is 69.1 Å². The fraction of sp³-hybridized carbons (Fsp3) is 0.429. The molecule has 0 saturated carbocycles. The van der Waals surface area contributed by atoms with Crippen molar-refractivity contribution >= 4 is 46.3 Å². The van der Waals surface area contributed by atoms with Crippen molar-refractivity contribution in [1.29, 1.82) is 0 Å². The van der Waals surface area contributed by atoms with E-state index in [1.807, 2.05) is 29.6 Å². The Morgan fingerprint density at radius 2 is 1.82 bits per heavy atom. The highest BCUT2D eigenvalue weighted by Gasteiger charge is 2.42. The van der Waals surface area contributed by atoms with Gasteiger partial charge < -0.3 is 34.4 Å². The normalized spacial score (nSPS) is 19.6. The van der Waals surface area contributed by atoms with Crippen LogP contribution in [0.25, 0.3) is 9.88 Å². The minimum absolute atomic E-state index is 0.0865. The molecule has 6 heterocycles. The van der Waals surface area contributed by atoms with Gasteiger partial charge >= 0.3 is 0 Å². The second-order valence-corrected chi connectivity index (χ2v) is 14.1. The summed E-state index contributed by atoms with van der Waals surface area (Å²) in [5.41, 5.74) is 1.41. The summed E-state index contributed by atoms with van der Waals surface area (Å²) >= 11 is 2.94. The van der Waals surface area contributed by atoms with E-state index < -0.39 is 12.1 Å². The maximum absolute atomic E-state index is 13.9. The number of rotatable bonds is 4. The summed E-state index contributed by atoms with van der Waals surface area (Å²) in [4.78, 5) is 62.3. The lowest BCUT2D eigenvalue weighted by molar-refractivity contribution is -0.125. The number of ether oxygens (including phenoxy) is 2. The number of methoxy groups -OCH3 is 1. The molecule has 264 valence electrons. The lowest BCUT2D eigenvalue weighted by atomic mass is 10.1. The Bertz CT molecular complexity index is 1810. The van der Waals surface area contributed by atoms with Crippen molar-refractivity contribution in [2.75, 3.05) is 39.8 Å². The summed E-state index contributed by atoms with van der Waals surface area (Å²) in [5.74, 6) is 0.594. The van der Waals surface area contributed by atoms with Crippen LogP contribution in [0.3, 0.4) is 0 Å². The molecule has 1 aromatic carbocycles. The molecule has 4 bridgehead atoms. The summed E-state index contributed by atoms with van der Waals surface area (Å²) in [6.45, 7) is 3.55. The van der Waals surface area contributed by atoms with Crippen LogP contribution in [0, 0.1) is 6.92 Å². The number of aromatic nitrogens is 2. The number of benzene rings is 1. The van der Waals surface area contributed by atoms with Crippen molar-refractivity contribution in [2.24, 2.45) is 0 Å². The van der Waals surface area contributed by atoms with Crippen molar-refractivity contribution in [3.05, 3.63) is 69.9 Å². The van der Waals surface area contributed by atoms with Crippen LogP contribution in [0.2, 0.25) is 0 Å². The Labute approximate surface area is 297 Å². The number of thiophene rings is 1. The molecule has 13 nitrogen and oxygen atoms in total. The van der Waals surface area contributed by atoms with E-state index in [1.54, 1.807) is 52.7 Å². The molecule has 0 spiro atoms. The van der Waals surface area contributed by atoms with Crippen molar-refractivity contribution in [2.45, 2.75) is 57.6 Å². The smallest absolute Gasteiger partial charge is 0.276 e. The van der Waals surface area contributed by atoms with Crippen LogP contribution in [0.15, 0.2) is 51.7 Å². The number of carbonyl (C=O) groups is 4. The van der Waals surface area contributed by atoms with Crippen molar-refractivity contribution in [3.8, 4) is 21.4 Å². The van der Waals surface area contributed by atoms with Gasteiger partial charge in [0, 0.05) is 50.5 Å². The number of fused-ring (bicyclic) bond motifs is 15. The molecule has 4 amide bonds. The second kappa shape index (κ2) is 16.3. The van der Waals surface area contributed by atoms with Crippen molar-refractivity contribution < 1.29 is 33.2 Å². The lowest BCUT2D eigenvalue weighted by Crippen LogP contribution is -2.46. The van der Waals surface area contributed by atoms with Crippen LogP contribution in [-0.4, -0.2) is 95.5 Å². The molecule has 3 aliphatic rings. The number of nitrogens with zero attached hydrogens (tertiary/aromatic N) is 4. The van der Waals surface area contributed by atoms with Gasteiger partial charge in [0.25, 0.3) is 11.8 Å². The second-order valence-electron chi connectivity index (χ2n) is 12.3. The van der Waals surface area contributed by atoms with E-state index >= 15 is 0 Å². The van der Waals surface area contributed by atoms with Gasteiger partial charge in [0.05, 0.1) is 18.5 Å². The van der Waals surface area contributed by atoms with E-state index in [0.717, 1.165) is 15.4 Å². The molecule has 15 heteroatoms. The molecule has 1 saturated heterocycles. The first-order chi connectivity index (χ1) is 24.3. The largest absolute Gasteiger partial charge is 0.493 e. The Balaban J connectivity index is 1.20. The standard InChI is InChI=1S/C35H40N6O7S2/c1-22-17-25(39-48-22)34(44)40-14-4-3-12-37-32(43)27-19-24(20-41(27)35(45)26-21-50-33(38-26)30-7-5-16-49-30)47-28-10-8-23(18-29(28)46-2)9-11-31(42)36-13-6-15-40/h5,7-8,10,16-18,21,24,27H,3-4,6,9,11-15,19-20H2,1-2H3,(H,36,42)(H,37,43)/t24-,27-/m0/s1. The Morgan fingerprint density at radius 1 is 0.980 bits per heavy atom. The van der Waals surface area contributed by atoms with Gasteiger partial charge in [-0.3, -0.25) is 19.2 Å². The number of likely N-dealkylation sites (tertiary alicyclic amines) is 1. The van der Waals surface area contributed by atoms with Crippen LogP contribution in [0.4, 0.5) is 0 Å². The van der Waals surface area contributed by atoms with E-state index in [-0.39, 0.29) is 54.4 Å². The average molecular weight is 721 g/mol. The van der Waals surface area contributed by atoms with Gasteiger partial charge in [-0.15, -0.1) is 22.7 Å². The number of aryl methyl sites for hydroxylation is 2. The molecule has 2 N–H and O–H groups in total. The summed E-state index contributed by atoms with van der Waals surface area (Å²) < 4.78 is 17.1. The minimum atomic E-state index is -0.769. The number of thiazole rings is 1. The zero-order valence-electron chi connectivity index (χ0n) is 28.0. The SMILES string of the molecule is COc1cc2ccc1O[C@H]1C[C@@H](C(=O)NCCCCN(C(=O)c3cc(C)on3)CCCNC(=O)CC2)N(C(=O)c2csc(-c3cccs3)n2)C1. The van der Waals surface area contributed by atoms with Crippen LogP contribution < -0.4 is 20.1 Å². The molecule has 1 fully saturated rings. The third kappa shape index (κ3) is 8.51. The third-order valence-corrected chi connectivity index (χ3v) is 10.5. The highest BCUT2D eigenvalue weighted by Crippen LogP contribution is 2.34. The predicted molar refractivity (Wildman–Crippen MR) is 188 cm³/mol. The zero-order valence-corrected chi connectivity index (χ0v) is 29.6. The average Bonchev–Trinajstić information content (AvgIpc) is 3.95. The Hall–Kier alpha value is -4.76. The predicted octanol–water partition coefficient (Wildman–Crippen LogP) is 4.33. The summed E-state index contributed by atoms with van der Waals surface area (Å²) in [5, 5.41) is 14.3. The molecule has 7 rings (SSSR count). The molecule has 0 aliphatic carbocycles. The molecular weight excluding hydrogens is 681 g/mol. The Morgan fingerprint density at radius 3 is 2.60 bits per heavy atom. The first kappa shape index (κ1) is 35.1. The minimum Gasteiger partial charge on any atom is -0.493 e. The van der Waals surface area contributed by atoms with Gasteiger partial charge in [0.2, 0.25) is 11.8 Å². The first-order valence-electron chi connectivity index (χ1n) is 16.7. The first-order valence-corrected chi connectivity index (χ1v) is 18.5. The van der Waals surface area contributed by atoms with Crippen LogP contribution >= 0.6 is 22.7 Å². The van der Waals surface area contributed by atoms with Gasteiger partial charge in [-0.2, -0.15) is 0 Å². The van der Waals surface area contributed by atoms with Gasteiger partial charge in [0.1, 0.15) is 28.6 Å².